The quantitative estimate of drug-likeness (QED) is 0.847. The molecule has 1 heterocycles. The summed E-state index contributed by atoms with van der Waals surface area (Å²) in [5.41, 5.74) is 2.30. The van der Waals surface area contributed by atoms with Crippen molar-refractivity contribution in [3.63, 3.8) is 0 Å². The smallest absolute Gasteiger partial charge is 0.263 e. The van der Waals surface area contributed by atoms with Crippen LogP contribution in [0.15, 0.2) is 18.2 Å². The molecular formula is C17H25NO2. The Kier molecular flexibility index (Phi) is 4.69. The maximum atomic E-state index is 12.4. The largest absolute Gasteiger partial charge is 0.481 e. The molecule has 0 radical (unpaired) electrons. The van der Waals surface area contributed by atoms with Crippen molar-refractivity contribution >= 4 is 5.91 Å². The first kappa shape index (κ1) is 14.9. The van der Waals surface area contributed by atoms with Gasteiger partial charge in [-0.15, -0.1) is 0 Å². The van der Waals surface area contributed by atoms with E-state index in [9.17, 15) is 4.79 Å². The molecule has 110 valence electrons. The van der Waals surface area contributed by atoms with Crippen LogP contribution in [0.3, 0.4) is 0 Å². The van der Waals surface area contributed by atoms with Gasteiger partial charge < -0.3 is 9.64 Å². The Hall–Kier alpha value is -1.51. The lowest BCUT2D eigenvalue weighted by Crippen LogP contribution is -2.45. The third-order valence-electron chi connectivity index (χ3n) is 4.18. The molecule has 0 unspecified atom stereocenters. The monoisotopic (exact) mass is 275 g/mol. The van der Waals surface area contributed by atoms with Crippen molar-refractivity contribution in [2.75, 3.05) is 13.1 Å². The van der Waals surface area contributed by atoms with Gasteiger partial charge in [-0.2, -0.15) is 0 Å². The molecule has 0 aromatic heterocycles. The lowest BCUT2D eigenvalue weighted by atomic mass is 10.00. The van der Waals surface area contributed by atoms with Gasteiger partial charge in [0.15, 0.2) is 6.10 Å². The first-order valence-corrected chi connectivity index (χ1v) is 7.50. The third-order valence-corrected chi connectivity index (χ3v) is 4.18. The highest BCUT2D eigenvalue weighted by Crippen LogP contribution is 2.23. The molecule has 1 aromatic rings. The van der Waals surface area contributed by atoms with E-state index in [1.54, 1.807) is 0 Å². The Labute approximate surface area is 121 Å². The average Bonchev–Trinajstić information content (AvgIpc) is 2.43. The molecule has 20 heavy (non-hydrogen) atoms. The first-order valence-electron chi connectivity index (χ1n) is 7.50. The summed E-state index contributed by atoms with van der Waals surface area (Å²) in [7, 11) is 0. The molecule has 1 saturated heterocycles. The number of hydrogen-bond acceptors (Lipinski definition) is 2. The van der Waals surface area contributed by atoms with Crippen molar-refractivity contribution in [2.45, 2.75) is 46.6 Å². The van der Waals surface area contributed by atoms with Crippen LogP contribution in [0.5, 0.6) is 5.75 Å². The molecule has 2 rings (SSSR count). The molecule has 3 nitrogen and oxygen atoms in total. The van der Waals surface area contributed by atoms with Crippen LogP contribution in [-0.4, -0.2) is 30.0 Å². The summed E-state index contributed by atoms with van der Waals surface area (Å²) in [5, 5.41) is 0. The summed E-state index contributed by atoms with van der Waals surface area (Å²) in [6.45, 7) is 9.87. The fourth-order valence-electron chi connectivity index (χ4n) is 2.74. The van der Waals surface area contributed by atoms with Gasteiger partial charge in [-0.1, -0.05) is 19.1 Å². The molecule has 1 aromatic carbocycles. The Morgan fingerprint density at radius 1 is 1.40 bits per heavy atom. The highest BCUT2D eigenvalue weighted by atomic mass is 16.5. The SMILES string of the molecule is Cc1cccc(O[C@H](C)C(=O)N2CCC[C@H](C)C2)c1C. The summed E-state index contributed by atoms with van der Waals surface area (Å²) < 4.78 is 5.88. The van der Waals surface area contributed by atoms with Crippen molar-refractivity contribution in [3.05, 3.63) is 29.3 Å². The van der Waals surface area contributed by atoms with Gasteiger partial charge in [0, 0.05) is 13.1 Å². The van der Waals surface area contributed by atoms with Gasteiger partial charge in [-0.3, -0.25) is 4.79 Å². The molecule has 0 saturated carbocycles. The minimum absolute atomic E-state index is 0.109. The maximum Gasteiger partial charge on any atom is 0.263 e. The van der Waals surface area contributed by atoms with Crippen LogP contribution >= 0.6 is 0 Å². The summed E-state index contributed by atoms with van der Waals surface area (Å²) >= 11 is 0. The van der Waals surface area contributed by atoms with Gasteiger partial charge in [0.25, 0.3) is 5.91 Å². The third kappa shape index (κ3) is 3.33. The van der Waals surface area contributed by atoms with Crippen LogP contribution in [0.2, 0.25) is 0 Å². The number of likely N-dealkylation sites (tertiary alicyclic amines) is 1. The van der Waals surface area contributed by atoms with E-state index in [1.165, 1.54) is 12.0 Å². The molecule has 1 aliphatic rings. The van der Waals surface area contributed by atoms with Gasteiger partial charge in [0.1, 0.15) is 5.75 Å². The van der Waals surface area contributed by atoms with Gasteiger partial charge in [0.05, 0.1) is 0 Å². The number of carbonyl (C=O) groups is 1. The van der Waals surface area contributed by atoms with Crippen LogP contribution in [0, 0.1) is 19.8 Å². The van der Waals surface area contributed by atoms with E-state index in [0.717, 1.165) is 30.8 Å². The van der Waals surface area contributed by atoms with Crippen LogP contribution < -0.4 is 4.74 Å². The van der Waals surface area contributed by atoms with Crippen LogP contribution in [-0.2, 0) is 4.79 Å². The summed E-state index contributed by atoms with van der Waals surface area (Å²) in [6, 6.07) is 5.96. The molecule has 1 amide bonds. The molecule has 2 atom stereocenters. The number of carbonyl (C=O) groups excluding carboxylic acids is 1. The maximum absolute atomic E-state index is 12.4. The number of hydrogen-bond donors (Lipinski definition) is 0. The average molecular weight is 275 g/mol. The zero-order valence-electron chi connectivity index (χ0n) is 13.0. The van der Waals surface area contributed by atoms with Crippen molar-refractivity contribution < 1.29 is 9.53 Å². The van der Waals surface area contributed by atoms with Gasteiger partial charge in [-0.05, 0) is 56.7 Å². The normalized spacial score (nSPS) is 20.6. The Morgan fingerprint density at radius 3 is 2.85 bits per heavy atom. The minimum atomic E-state index is -0.416. The Balaban J connectivity index is 2.02. The van der Waals surface area contributed by atoms with E-state index in [2.05, 4.69) is 19.9 Å². The van der Waals surface area contributed by atoms with Crippen LogP contribution in [0.1, 0.15) is 37.8 Å². The first-order chi connectivity index (χ1) is 9.49. The van der Waals surface area contributed by atoms with Crippen molar-refractivity contribution in [1.82, 2.24) is 4.90 Å². The zero-order chi connectivity index (χ0) is 14.7. The topological polar surface area (TPSA) is 29.5 Å². The minimum Gasteiger partial charge on any atom is -0.481 e. The van der Waals surface area contributed by atoms with Crippen LogP contribution in [0.4, 0.5) is 0 Å². The molecule has 1 fully saturated rings. The van der Waals surface area contributed by atoms with Gasteiger partial charge >= 0.3 is 0 Å². The van der Waals surface area contributed by atoms with Crippen molar-refractivity contribution in [1.29, 1.82) is 0 Å². The second-order valence-electron chi connectivity index (χ2n) is 5.99. The molecule has 0 bridgehead atoms. The van der Waals surface area contributed by atoms with E-state index < -0.39 is 6.10 Å². The van der Waals surface area contributed by atoms with Crippen molar-refractivity contribution in [3.8, 4) is 5.75 Å². The number of rotatable bonds is 3. The molecule has 3 heteroatoms. The summed E-state index contributed by atoms with van der Waals surface area (Å²) in [6.07, 6.45) is 1.90. The van der Waals surface area contributed by atoms with Gasteiger partial charge in [0.2, 0.25) is 0 Å². The standard InChI is InChI=1S/C17H25NO2/c1-12-7-6-10-18(11-12)17(19)15(4)20-16-9-5-8-13(2)14(16)3/h5,8-9,12,15H,6-7,10-11H2,1-4H3/t12-,15+/m0/s1. The van der Waals surface area contributed by atoms with E-state index in [-0.39, 0.29) is 5.91 Å². The Morgan fingerprint density at radius 2 is 2.15 bits per heavy atom. The second kappa shape index (κ2) is 6.29. The fourth-order valence-corrected chi connectivity index (χ4v) is 2.74. The lowest BCUT2D eigenvalue weighted by Gasteiger charge is -2.32. The number of piperidine rings is 1. The molecule has 0 N–H and O–H groups in total. The predicted octanol–water partition coefficient (Wildman–Crippen LogP) is 3.33. The number of aryl methyl sites for hydroxylation is 1. The van der Waals surface area contributed by atoms with Crippen LogP contribution in [0.25, 0.3) is 0 Å². The number of ether oxygens (including phenoxy) is 1. The number of amides is 1. The highest BCUT2D eigenvalue weighted by molar-refractivity contribution is 5.81. The highest BCUT2D eigenvalue weighted by Gasteiger charge is 2.26. The van der Waals surface area contributed by atoms with Gasteiger partial charge in [-0.25, -0.2) is 0 Å². The lowest BCUT2D eigenvalue weighted by molar-refractivity contribution is -0.139. The van der Waals surface area contributed by atoms with E-state index in [1.807, 2.05) is 30.9 Å². The fraction of sp³-hybridized carbons (Fsp3) is 0.588. The van der Waals surface area contributed by atoms with E-state index in [4.69, 9.17) is 4.74 Å². The second-order valence-corrected chi connectivity index (χ2v) is 5.99. The Bertz CT molecular complexity index is 484. The van der Waals surface area contributed by atoms with E-state index >= 15 is 0 Å². The van der Waals surface area contributed by atoms with Crippen molar-refractivity contribution in [2.24, 2.45) is 5.92 Å². The summed E-state index contributed by atoms with van der Waals surface area (Å²) in [4.78, 5) is 14.4. The molecule has 0 aliphatic carbocycles. The van der Waals surface area contributed by atoms with E-state index in [0.29, 0.717) is 5.92 Å². The molecular weight excluding hydrogens is 250 g/mol. The number of nitrogens with zero attached hydrogens (tertiary/aromatic N) is 1. The predicted molar refractivity (Wildman–Crippen MR) is 81.0 cm³/mol. The molecule has 1 aliphatic heterocycles. The molecule has 0 spiro atoms. The number of benzene rings is 1. The summed E-state index contributed by atoms with van der Waals surface area (Å²) in [5.74, 6) is 1.52. The zero-order valence-corrected chi connectivity index (χ0v) is 13.0.